The molecule has 40 heavy (non-hydrogen) atoms. The summed E-state index contributed by atoms with van der Waals surface area (Å²) in [4.78, 5) is 42.4. The van der Waals surface area contributed by atoms with Gasteiger partial charge in [0.1, 0.15) is 23.4 Å². The van der Waals surface area contributed by atoms with Crippen molar-refractivity contribution in [2.75, 3.05) is 7.11 Å². The highest BCUT2D eigenvalue weighted by atomic mass is 19.1. The molecule has 1 heterocycles. The largest absolute Gasteiger partial charge is 0.493 e. The normalized spacial score (nSPS) is 13.1. The predicted octanol–water partition coefficient (Wildman–Crippen LogP) is 5.21. The third-order valence-corrected chi connectivity index (χ3v) is 6.24. The van der Waals surface area contributed by atoms with Gasteiger partial charge >= 0.3 is 11.9 Å². The van der Waals surface area contributed by atoms with Gasteiger partial charge < -0.3 is 19.5 Å². The number of carbonyl (C=O) groups is 3. The van der Waals surface area contributed by atoms with Crippen molar-refractivity contribution in [1.29, 1.82) is 0 Å². The molecule has 0 bridgehead atoms. The monoisotopic (exact) mass is 550 g/mol. The third-order valence-electron chi connectivity index (χ3n) is 6.24. The molecule has 208 valence electrons. The van der Waals surface area contributed by atoms with Gasteiger partial charge in [0.2, 0.25) is 5.75 Å². The molecule has 1 atom stereocenters. The van der Waals surface area contributed by atoms with E-state index in [0.29, 0.717) is 16.7 Å². The number of pyridine rings is 1. The highest BCUT2D eigenvalue weighted by Gasteiger charge is 2.29. The summed E-state index contributed by atoms with van der Waals surface area (Å²) in [6.45, 7) is 2.96. The zero-order valence-electron chi connectivity index (χ0n) is 22.2. The van der Waals surface area contributed by atoms with Gasteiger partial charge in [-0.3, -0.25) is 9.59 Å². The minimum atomic E-state index is -1.15. The van der Waals surface area contributed by atoms with E-state index in [0.717, 1.165) is 12.8 Å². The second-order valence-electron chi connectivity index (χ2n) is 9.37. The van der Waals surface area contributed by atoms with Gasteiger partial charge in [-0.05, 0) is 68.0 Å². The Balaban J connectivity index is 1.53. The number of hydrogen-bond donors (Lipinski definition) is 1. The fourth-order valence-corrected chi connectivity index (χ4v) is 3.99. The van der Waals surface area contributed by atoms with Crippen LogP contribution in [0.25, 0.3) is 5.57 Å². The van der Waals surface area contributed by atoms with E-state index >= 15 is 0 Å². The van der Waals surface area contributed by atoms with E-state index in [4.69, 9.17) is 14.2 Å². The van der Waals surface area contributed by atoms with Crippen LogP contribution in [0.4, 0.5) is 8.78 Å². The summed E-state index contributed by atoms with van der Waals surface area (Å²) in [5.41, 5.74) is 1.28. The molecule has 1 saturated carbocycles. The molecule has 1 fully saturated rings. The lowest BCUT2D eigenvalue weighted by Gasteiger charge is -2.18. The molecular formula is C30H28F2N2O6. The van der Waals surface area contributed by atoms with Gasteiger partial charge in [0.05, 0.1) is 7.11 Å². The van der Waals surface area contributed by atoms with Crippen LogP contribution in [0.1, 0.15) is 54.7 Å². The standard InChI is InChI=1S/C30H28F2N2O6/c1-17(34-29(36)27-28(24(38-3)14-15-33-27)40-25(35)16-19-4-5-19)30(37)39-18(2)26(20-6-10-22(31)11-7-20)21-8-12-23(32)13-9-21/h6-15,17,19H,4-5,16H2,1-3H3,(H,34,36)/t17-/m0/s1. The fraction of sp³-hybridized carbons (Fsp3) is 0.267. The van der Waals surface area contributed by atoms with Crippen molar-refractivity contribution < 1.29 is 37.4 Å². The van der Waals surface area contributed by atoms with Crippen molar-refractivity contribution in [3.8, 4) is 11.5 Å². The van der Waals surface area contributed by atoms with Gasteiger partial charge in [0.25, 0.3) is 5.91 Å². The maximum Gasteiger partial charge on any atom is 0.333 e. The maximum atomic E-state index is 13.6. The number of nitrogens with one attached hydrogen (secondary N) is 1. The number of allylic oxidation sites excluding steroid dienone is 1. The highest BCUT2D eigenvalue weighted by molar-refractivity contribution is 5.99. The van der Waals surface area contributed by atoms with Crippen LogP contribution < -0.4 is 14.8 Å². The van der Waals surface area contributed by atoms with Crippen molar-refractivity contribution >= 4 is 23.4 Å². The van der Waals surface area contributed by atoms with E-state index < -0.39 is 35.5 Å². The van der Waals surface area contributed by atoms with Gasteiger partial charge in [0.15, 0.2) is 11.4 Å². The van der Waals surface area contributed by atoms with E-state index in [9.17, 15) is 23.2 Å². The lowest BCUT2D eigenvalue weighted by molar-refractivity contribution is -0.141. The first-order valence-corrected chi connectivity index (χ1v) is 12.6. The summed E-state index contributed by atoms with van der Waals surface area (Å²) in [5, 5.41) is 2.51. The van der Waals surface area contributed by atoms with Crippen molar-refractivity contribution in [1.82, 2.24) is 10.3 Å². The van der Waals surface area contributed by atoms with Crippen molar-refractivity contribution in [2.24, 2.45) is 5.92 Å². The van der Waals surface area contributed by atoms with Crippen LogP contribution in [0.3, 0.4) is 0 Å². The Kier molecular flexibility index (Phi) is 8.88. The van der Waals surface area contributed by atoms with Crippen molar-refractivity contribution in [2.45, 2.75) is 39.2 Å². The Morgan fingerprint density at radius 1 is 0.975 bits per heavy atom. The first kappa shape index (κ1) is 28.4. The molecule has 3 aromatic rings. The molecule has 1 N–H and O–H groups in total. The number of rotatable bonds is 10. The SMILES string of the molecule is COc1ccnc(C(=O)N[C@@H](C)C(=O)OC(C)=C(c2ccc(F)cc2)c2ccc(F)cc2)c1OC(=O)CC1CC1. The Morgan fingerprint density at radius 3 is 2.08 bits per heavy atom. The number of methoxy groups -OCH3 is 1. The van der Waals surface area contributed by atoms with Gasteiger partial charge in [-0.25, -0.2) is 18.6 Å². The zero-order chi connectivity index (χ0) is 28.8. The van der Waals surface area contributed by atoms with E-state index in [2.05, 4.69) is 10.3 Å². The smallest absolute Gasteiger partial charge is 0.333 e. The molecule has 0 spiro atoms. The minimum absolute atomic E-state index is 0.139. The second kappa shape index (κ2) is 12.5. The summed E-state index contributed by atoms with van der Waals surface area (Å²) in [6, 6.07) is 11.4. The van der Waals surface area contributed by atoms with E-state index in [1.54, 1.807) is 0 Å². The first-order chi connectivity index (χ1) is 19.2. The number of benzene rings is 2. The second-order valence-corrected chi connectivity index (χ2v) is 9.37. The predicted molar refractivity (Wildman–Crippen MR) is 141 cm³/mol. The van der Waals surface area contributed by atoms with Crippen molar-refractivity contribution in [3.63, 3.8) is 0 Å². The number of carbonyl (C=O) groups excluding carboxylic acids is 3. The molecule has 0 unspecified atom stereocenters. The Labute approximate surface area is 230 Å². The average molecular weight is 551 g/mol. The number of halogens is 2. The Morgan fingerprint density at radius 2 is 1.55 bits per heavy atom. The van der Waals surface area contributed by atoms with Crippen LogP contribution >= 0.6 is 0 Å². The van der Waals surface area contributed by atoms with Gasteiger partial charge in [-0.15, -0.1) is 0 Å². The van der Waals surface area contributed by atoms with Gasteiger partial charge in [-0.2, -0.15) is 0 Å². The van der Waals surface area contributed by atoms with Crippen LogP contribution in [-0.2, 0) is 14.3 Å². The van der Waals surface area contributed by atoms with Crippen LogP contribution in [0.2, 0.25) is 0 Å². The quantitative estimate of drug-likeness (QED) is 0.273. The average Bonchev–Trinajstić information content (AvgIpc) is 3.74. The van der Waals surface area contributed by atoms with E-state index in [1.807, 2.05) is 0 Å². The number of nitrogens with zero attached hydrogens (tertiary/aromatic N) is 1. The maximum absolute atomic E-state index is 13.6. The van der Waals surface area contributed by atoms with Crippen LogP contribution in [0.15, 0.2) is 66.6 Å². The molecule has 10 heteroatoms. The third kappa shape index (κ3) is 7.07. The molecule has 4 rings (SSSR count). The number of hydrogen-bond acceptors (Lipinski definition) is 7. The summed E-state index contributed by atoms with van der Waals surface area (Å²) in [6.07, 6.45) is 3.44. The highest BCUT2D eigenvalue weighted by Crippen LogP contribution is 2.35. The molecule has 0 aliphatic heterocycles. The summed E-state index contributed by atoms with van der Waals surface area (Å²) in [5.74, 6) is -2.56. The molecular weight excluding hydrogens is 522 g/mol. The molecule has 0 saturated heterocycles. The lowest BCUT2D eigenvalue weighted by Crippen LogP contribution is -2.40. The molecule has 2 aromatic carbocycles. The first-order valence-electron chi connectivity index (χ1n) is 12.6. The molecule has 1 aliphatic carbocycles. The molecule has 1 aliphatic rings. The number of esters is 2. The number of ether oxygens (including phenoxy) is 3. The molecule has 0 radical (unpaired) electrons. The molecule has 8 nitrogen and oxygen atoms in total. The Hall–Kier alpha value is -4.60. The van der Waals surface area contributed by atoms with Crippen LogP contribution in [0, 0.1) is 17.6 Å². The topological polar surface area (TPSA) is 104 Å². The summed E-state index contributed by atoms with van der Waals surface area (Å²) >= 11 is 0. The minimum Gasteiger partial charge on any atom is -0.493 e. The van der Waals surface area contributed by atoms with E-state index in [-0.39, 0.29) is 35.3 Å². The van der Waals surface area contributed by atoms with Crippen LogP contribution in [-0.4, -0.2) is 36.0 Å². The van der Waals surface area contributed by atoms with Crippen molar-refractivity contribution in [3.05, 3.63) is 95.0 Å². The van der Waals surface area contributed by atoms with E-state index in [1.165, 1.54) is 81.8 Å². The zero-order valence-corrected chi connectivity index (χ0v) is 22.2. The fourth-order valence-electron chi connectivity index (χ4n) is 3.99. The van der Waals surface area contributed by atoms with Gasteiger partial charge in [0, 0.05) is 24.3 Å². The molecule has 1 amide bonds. The Bertz CT molecular complexity index is 1390. The number of aromatic nitrogens is 1. The molecule has 1 aromatic heterocycles. The lowest BCUT2D eigenvalue weighted by atomic mass is 9.97. The number of amides is 1. The van der Waals surface area contributed by atoms with Gasteiger partial charge in [-0.1, -0.05) is 24.3 Å². The summed E-state index contributed by atoms with van der Waals surface area (Å²) < 4.78 is 43.4. The van der Waals surface area contributed by atoms with Crippen LogP contribution in [0.5, 0.6) is 11.5 Å². The summed E-state index contributed by atoms with van der Waals surface area (Å²) in [7, 11) is 1.37.